The van der Waals surface area contributed by atoms with Crippen molar-refractivity contribution >= 4 is 15.9 Å². The Labute approximate surface area is 130 Å². The third kappa shape index (κ3) is 2.80. The molecule has 3 nitrogen and oxygen atoms in total. The monoisotopic (exact) mass is 337 g/mol. The van der Waals surface area contributed by atoms with E-state index < -0.39 is 0 Å². The second kappa shape index (κ2) is 6.14. The smallest absolute Gasteiger partial charge is 0.0471 e. The van der Waals surface area contributed by atoms with Crippen LogP contribution in [0, 0.1) is 6.92 Å². The fourth-order valence-electron chi connectivity index (χ4n) is 3.67. The summed E-state index contributed by atoms with van der Waals surface area (Å²) in [6.07, 6.45) is 2.72. The van der Waals surface area contributed by atoms with E-state index >= 15 is 0 Å². The summed E-state index contributed by atoms with van der Waals surface area (Å²) in [5.41, 5.74) is 8.75. The van der Waals surface area contributed by atoms with Gasteiger partial charge in [-0.3, -0.25) is 9.80 Å². The molecule has 2 aliphatic rings. The van der Waals surface area contributed by atoms with Gasteiger partial charge < -0.3 is 5.73 Å². The van der Waals surface area contributed by atoms with Crippen LogP contribution in [0.25, 0.3) is 0 Å². The Kier molecular flexibility index (Phi) is 4.46. The van der Waals surface area contributed by atoms with E-state index in [4.69, 9.17) is 5.73 Å². The Bertz CT molecular complexity index is 477. The first-order valence-corrected chi connectivity index (χ1v) is 8.42. The summed E-state index contributed by atoms with van der Waals surface area (Å²) in [5.74, 6) is 0. The lowest BCUT2D eigenvalue weighted by molar-refractivity contribution is 0.0737. The van der Waals surface area contributed by atoms with Crippen LogP contribution in [0.4, 0.5) is 0 Å². The molecular formula is C16H24BrN3. The van der Waals surface area contributed by atoms with Crippen molar-refractivity contribution in [1.82, 2.24) is 9.80 Å². The molecule has 0 amide bonds. The number of nitrogens with two attached hydrogens (primary N) is 1. The van der Waals surface area contributed by atoms with Crippen LogP contribution in [-0.2, 0) is 0 Å². The van der Waals surface area contributed by atoms with Crippen molar-refractivity contribution in [2.24, 2.45) is 5.73 Å². The average Bonchev–Trinajstić information content (AvgIpc) is 2.91. The molecule has 1 aromatic rings. The van der Waals surface area contributed by atoms with Crippen LogP contribution in [0.15, 0.2) is 22.7 Å². The number of aryl methyl sites for hydroxylation is 1. The second-order valence-corrected chi connectivity index (χ2v) is 6.94. The van der Waals surface area contributed by atoms with Crippen LogP contribution in [0.2, 0.25) is 0 Å². The van der Waals surface area contributed by atoms with Gasteiger partial charge in [0.1, 0.15) is 0 Å². The van der Waals surface area contributed by atoms with Crippen molar-refractivity contribution < 1.29 is 0 Å². The maximum atomic E-state index is 6.09. The van der Waals surface area contributed by atoms with E-state index in [1.807, 2.05) is 0 Å². The van der Waals surface area contributed by atoms with Gasteiger partial charge in [-0.15, -0.1) is 0 Å². The number of halogens is 1. The fourth-order valence-corrected chi connectivity index (χ4v) is 3.92. The van der Waals surface area contributed by atoms with E-state index in [2.05, 4.69) is 50.9 Å². The predicted molar refractivity (Wildman–Crippen MR) is 86.8 cm³/mol. The summed E-state index contributed by atoms with van der Waals surface area (Å²) in [5, 5.41) is 0. The summed E-state index contributed by atoms with van der Waals surface area (Å²) in [6, 6.07) is 7.77. The lowest BCUT2D eigenvalue weighted by Crippen LogP contribution is -2.52. The molecule has 1 aromatic carbocycles. The molecule has 2 N–H and O–H groups in total. The van der Waals surface area contributed by atoms with Crippen LogP contribution < -0.4 is 5.73 Å². The number of hydrogen-bond acceptors (Lipinski definition) is 3. The maximum Gasteiger partial charge on any atom is 0.0471 e. The molecular weight excluding hydrogens is 314 g/mol. The molecule has 110 valence electrons. The number of hydrogen-bond donors (Lipinski definition) is 1. The number of fused-ring (bicyclic) bond motifs is 1. The van der Waals surface area contributed by atoms with E-state index in [0.29, 0.717) is 12.6 Å². The number of piperazine rings is 1. The standard InChI is InChI=1S/C16H24BrN3/c1-12-9-13(4-5-15(12)17)16(10-18)20-8-7-19-6-2-3-14(19)11-20/h4-5,9,14,16H,2-3,6-8,10-11,18H2,1H3. The van der Waals surface area contributed by atoms with Crippen molar-refractivity contribution in [1.29, 1.82) is 0 Å². The van der Waals surface area contributed by atoms with Gasteiger partial charge >= 0.3 is 0 Å². The fraction of sp³-hybridized carbons (Fsp3) is 0.625. The first-order valence-electron chi connectivity index (χ1n) is 7.63. The summed E-state index contributed by atoms with van der Waals surface area (Å²) in [4.78, 5) is 5.24. The van der Waals surface area contributed by atoms with Crippen molar-refractivity contribution in [2.75, 3.05) is 32.7 Å². The zero-order valence-corrected chi connectivity index (χ0v) is 13.8. The number of rotatable bonds is 3. The van der Waals surface area contributed by atoms with Gasteiger partial charge in [0.05, 0.1) is 0 Å². The summed E-state index contributed by atoms with van der Waals surface area (Å²) in [6.45, 7) is 7.67. The van der Waals surface area contributed by atoms with Crippen LogP contribution in [0.3, 0.4) is 0 Å². The molecule has 2 atom stereocenters. The third-order valence-electron chi connectivity index (χ3n) is 4.85. The molecule has 2 aliphatic heterocycles. The minimum absolute atomic E-state index is 0.365. The normalized spacial score (nSPS) is 25.6. The predicted octanol–water partition coefficient (Wildman–Crippen LogP) is 2.54. The summed E-state index contributed by atoms with van der Waals surface area (Å²) >= 11 is 3.58. The summed E-state index contributed by atoms with van der Waals surface area (Å²) < 4.78 is 1.18. The van der Waals surface area contributed by atoms with Gasteiger partial charge in [-0.1, -0.05) is 28.1 Å². The minimum Gasteiger partial charge on any atom is -0.329 e. The van der Waals surface area contributed by atoms with Gasteiger partial charge in [0.25, 0.3) is 0 Å². The zero-order chi connectivity index (χ0) is 14.1. The number of benzene rings is 1. The van der Waals surface area contributed by atoms with E-state index in [-0.39, 0.29) is 0 Å². The third-order valence-corrected chi connectivity index (χ3v) is 5.74. The molecule has 0 aliphatic carbocycles. The molecule has 20 heavy (non-hydrogen) atoms. The Morgan fingerprint density at radius 2 is 2.20 bits per heavy atom. The molecule has 0 saturated carbocycles. The van der Waals surface area contributed by atoms with Crippen molar-refractivity contribution in [3.05, 3.63) is 33.8 Å². The first kappa shape index (κ1) is 14.5. The molecule has 0 aromatic heterocycles. The quantitative estimate of drug-likeness (QED) is 0.919. The minimum atomic E-state index is 0.365. The molecule has 3 rings (SSSR count). The molecule has 2 fully saturated rings. The van der Waals surface area contributed by atoms with E-state index in [9.17, 15) is 0 Å². The van der Waals surface area contributed by atoms with Crippen molar-refractivity contribution in [3.8, 4) is 0 Å². The Balaban J connectivity index is 1.77. The van der Waals surface area contributed by atoms with Crippen molar-refractivity contribution in [3.63, 3.8) is 0 Å². The second-order valence-electron chi connectivity index (χ2n) is 6.09. The molecule has 2 heterocycles. The van der Waals surface area contributed by atoms with Gasteiger partial charge in [0, 0.05) is 42.7 Å². The molecule has 2 unspecified atom stereocenters. The first-order chi connectivity index (χ1) is 9.69. The molecule has 4 heteroatoms. The van der Waals surface area contributed by atoms with Gasteiger partial charge in [-0.2, -0.15) is 0 Å². The topological polar surface area (TPSA) is 32.5 Å². The van der Waals surface area contributed by atoms with E-state index in [0.717, 1.165) is 12.6 Å². The van der Waals surface area contributed by atoms with Gasteiger partial charge in [-0.05, 0) is 43.5 Å². The average molecular weight is 338 g/mol. The highest BCUT2D eigenvalue weighted by Crippen LogP contribution is 2.29. The van der Waals surface area contributed by atoms with Crippen LogP contribution in [0.1, 0.15) is 30.0 Å². The van der Waals surface area contributed by atoms with Gasteiger partial charge in [-0.25, -0.2) is 0 Å². The highest BCUT2D eigenvalue weighted by molar-refractivity contribution is 9.10. The maximum absolute atomic E-state index is 6.09. The number of nitrogens with zero attached hydrogens (tertiary/aromatic N) is 2. The van der Waals surface area contributed by atoms with Crippen LogP contribution in [0.5, 0.6) is 0 Å². The highest BCUT2D eigenvalue weighted by atomic mass is 79.9. The van der Waals surface area contributed by atoms with Gasteiger partial charge in [0.15, 0.2) is 0 Å². The molecule has 2 saturated heterocycles. The van der Waals surface area contributed by atoms with E-state index in [1.165, 1.54) is 48.1 Å². The lowest BCUT2D eigenvalue weighted by Gasteiger charge is -2.41. The SMILES string of the molecule is Cc1cc(C(CN)N2CCN3CCCC3C2)ccc1Br. The summed E-state index contributed by atoms with van der Waals surface area (Å²) in [7, 11) is 0. The zero-order valence-electron chi connectivity index (χ0n) is 12.2. The van der Waals surface area contributed by atoms with Crippen molar-refractivity contribution in [2.45, 2.75) is 31.8 Å². The van der Waals surface area contributed by atoms with Crippen LogP contribution >= 0.6 is 15.9 Å². The Morgan fingerprint density at radius 1 is 1.35 bits per heavy atom. The molecule has 0 spiro atoms. The Morgan fingerprint density at radius 3 is 2.95 bits per heavy atom. The van der Waals surface area contributed by atoms with Gasteiger partial charge in [0.2, 0.25) is 0 Å². The highest BCUT2D eigenvalue weighted by Gasteiger charge is 2.33. The molecule has 0 bridgehead atoms. The largest absolute Gasteiger partial charge is 0.329 e. The van der Waals surface area contributed by atoms with E-state index in [1.54, 1.807) is 0 Å². The molecule has 0 radical (unpaired) electrons. The Hall–Kier alpha value is -0.420. The van der Waals surface area contributed by atoms with Crippen LogP contribution in [-0.4, -0.2) is 48.6 Å². The lowest BCUT2D eigenvalue weighted by atomic mass is 10.0.